The van der Waals surface area contributed by atoms with Crippen LogP contribution in [0, 0.1) is 6.92 Å². The summed E-state index contributed by atoms with van der Waals surface area (Å²) < 4.78 is 11.2. The molecule has 30 heavy (non-hydrogen) atoms. The SMILES string of the molecule is COc1ccccc1N1C(=O)C(=O)/C(=C(\O)c2cccc(Cl)c2)C1c1ccc(C)o1. The van der Waals surface area contributed by atoms with Crippen LogP contribution in [0.3, 0.4) is 0 Å². The lowest BCUT2D eigenvalue weighted by atomic mass is 9.99. The zero-order valence-electron chi connectivity index (χ0n) is 16.3. The fourth-order valence-corrected chi connectivity index (χ4v) is 3.76. The number of benzene rings is 2. The first kappa shape index (κ1) is 19.8. The molecule has 0 spiro atoms. The minimum absolute atomic E-state index is 0.0810. The number of hydrogen-bond donors (Lipinski definition) is 1. The summed E-state index contributed by atoms with van der Waals surface area (Å²) in [5, 5.41) is 11.4. The maximum absolute atomic E-state index is 13.1. The lowest BCUT2D eigenvalue weighted by Crippen LogP contribution is -2.29. The molecule has 2 heterocycles. The largest absolute Gasteiger partial charge is 0.507 e. The lowest BCUT2D eigenvalue weighted by Gasteiger charge is -2.25. The predicted molar refractivity (Wildman–Crippen MR) is 113 cm³/mol. The number of furan rings is 1. The van der Waals surface area contributed by atoms with Crippen molar-refractivity contribution >= 4 is 34.7 Å². The molecular weight excluding hydrogens is 406 g/mol. The lowest BCUT2D eigenvalue weighted by molar-refractivity contribution is -0.132. The van der Waals surface area contributed by atoms with Crippen LogP contribution >= 0.6 is 11.6 Å². The van der Waals surface area contributed by atoms with Crippen molar-refractivity contribution < 1.29 is 23.8 Å². The fraction of sp³-hybridized carbons (Fsp3) is 0.130. The third kappa shape index (κ3) is 3.25. The summed E-state index contributed by atoms with van der Waals surface area (Å²) in [6, 6.07) is 15.8. The number of amides is 1. The molecule has 1 atom stereocenters. The summed E-state index contributed by atoms with van der Waals surface area (Å²) in [6.07, 6.45) is 0. The van der Waals surface area contributed by atoms with E-state index in [1.54, 1.807) is 61.5 Å². The Morgan fingerprint density at radius 2 is 1.87 bits per heavy atom. The number of methoxy groups -OCH3 is 1. The zero-order valence-corrected chi connectivity index (χ0v) is 17.0. The van der Waals surface area contributed by atoms with E-state index in [9.17, 15) is 14.7 Å². The number of ketones is 1. The van der Waals surface area contributed by atoms with Gasteiger partial charge in [-0.2, -0.15) is 0 Å². The van der Waals surface area contributed by atoms with Crippen molar-refractivity contribution in [2.45, 2.75) is 13.0 Å². The molecule has 3 aromatic rings. The molecule has 4 rings (SSSR count). The Bertz CT molecular complexity index is 1180. The van der Waals surface area contributed by atoms with E-state index in [1.807, 2.05) is 0 Å². The van der Waals surface area contributed by atoms with Gasteiger partial charge in [0.25, 0.3) is 11.7 Å². The number of ether oxygens (including phenoxy) is 1. The minimum Gasteiger partial charge on any atom is -0.507 e. The second-order valence-corrected chi connectivity index (χ2v) is 7.24. The molecule has 1 unspecified atom stereocenters. The summed E-state index contributed by atoms with van der Waals surface area (Å²) in [7, 11) is 1.48. The number of aryl methyl sites for hydroxylation is 1. The molecule has 1 N–H and O–H groups in total. The molecule has 0 aliphatic carbocycles. The summed E-state index contributed by atoms with van der Waals surface area (Å²) in [5.74, 6) is -0.568. The predicted octanol–water partition coefficient (Wildman–Crippen LogP) is 4.88. The number of anilines is 1. The zero-order chi connectivity index (χ0) is 21.4. The molecule has 1 aromatic heterocycles. The third-order valence-electron chi connectivity index (χ3n) is 4.92. The molecule has 1 fully saturated rings. The Morgan fingerprint density at radius 3 is 2.53 bits per heavy atom. The summed E-state index contributed by atoms with van der Waals surface area (Å²) >= 11 is 6.05. The Morgan fingerprint density at radius 1 is 1.10 bits per heavy atom. The van der Waals surface area contributed by atoms with E-state index >= 15 is 0 Å². The quantitative estimate of drug-likeness (QED) is 0.367. The van der Waals surface area contributed by atoms with Gasteiger partial charge in [-0.3, -0.25) is 14.5 Å². The van der Waals surface area contributed by atoms with Crippen LogP contribution in [0.4, 0.5) is 5.69 Å². The van der Waals surface area contributed by atoms with Crippen LogP contribution in [-0.2, 0) is 9.59 Å². The maximum Gasteiger partial charge on any atom is 0.300 e. The van der Waals surface area contributed by atoms with Gasteiger partial charge < -0.3 is 14.3 Å². The third-order valence-corrected chi connectivity index (χ3v) is 5.15. The maximum atomic E-state index is 13.1. The minimum atomic E-state index is -0.964. The van der Waals surface area contributed by atoms with Gasteiger partial charge >= 0.3 is 0 Å². The van der Waals surface area contributed by atoms with Gasteiger partial charge in [-0.1, -0.05) is 35.9 Å². The Balaban J connectivity index is 1.97. The van der Waals surface area contributed by atoms with Gasteiger partial charge in [0.1, 0.15) is 29.1 Å². The number of hydrogen-bond acceptors (Lipinski definition) is 5. The average Bonchev–Trinajstić information content (AvgIpc) is 3.28. The van der Waals surface area contributed by atoms with Crippen molar-refractivity contribution in [3.63, 3.8) is 0 Å². The van der Waals surface area contributed by atoms with Crippen molar-refractivity contribution in [3.05, 3.63) is 88.3 Å². The topological polar surface area (TPSA) is 80.0 Å². The number of carbonyl (C=O) groups excluding carboxylic acids is 2. The van der Waals surface area contributed by atoms with Crippen molar-refractivity contribution in [3.8, 4) is 5.75 Å². The van der Waals surface area contributed by atoms with Gasteiger partial charge in [-0.15, -0.1) is 0 Å². The highest BCUT2D eigenvalue weighted by Crippen LogP contribution is 2.45. The molecule has 1 aliphatic heterocycles. The van der Waals surface area contributed by atoms with E-state index in [-0.39, 0.29) is 11.3 Å². The molecule has 0 saturated carbocycles. The highest BCUT2D eigenvalue weighted by Gasteiger charge is 2.49. The van der Waals surface area contributed by atoms with Crippen molar-refractivity contribution in [1.82, 2.24) is 0 Å². The van der Waals surface area contributed by atoms with Gasteiger partial charge in [-0.05, 0) is 43.3 Å². The monoisotopic (exact) mass is 423 g/mol. The number of aliphatic hydroxyl groups is 1. The van der Waals surface area contributed by atoms with Crippen LogP contribution in [-0.4, -0.2) is 23.9 Å². The summed E-state index contributed by atoms with van der Waals surface area (Å²) in [5.41, 5.74) is 0.641. The molecule has 1 aliphatic rings. The number of rotatable bonds is 4. The van der Waals surface area contributed by atoms with Crippen LogP contribution < -0.4 is 9.64 Å². The van der Waals surface area contributed by atoms with Crippen LogP contribution in [0.5, 0.6) is 5.75 Å². The van der Waals surface area contributed by atoms with E-state index in [1.165, 1.54) is 18.1 Å². The van der Waals surface area contributed by atoms with Crippen molar-refractivity contribution in [1.29, 1.82) is 0 Å². The van der Waals surface area contributed by atoms with E-state index in [0.29, 0.717) is 33.5 Å². The molecule has 6 nitrogen and oxygen atoms in total. The second-order valence-electron chi connectivity index (χ2n) is 6.80. The van der Waals surface area contributed by atoms with Crippen LogP contribution in [0.1, 0.15) is 23.1 Å². The van der Waals surface area contributed by atoms with Gasteiger partial charge in [0.15, 0.2) is 0 Å². The first-order chi connectivity index (χ1) is 14.4. The van der Waals surface area contributed by atoms with Crippen molar-refractivity contribution in [2.75, 3.05) is 12.0 Å². The fourth-order valence-electron chi connectivity index (χ4n) is 3.57. The van der Waals surface area contributed by atoms with E-state index in [4.69, 9.17) is 20.8 Å². The van der Waals surface area contributed by atoms with Crippen molar-refractivity contribution in [2.24, 2.45) is 0 Å². The normalized spacial score (nSPS) is 18.1. The van der Waals surface area contributed by atoms with E-state index in [0.717, 1.165) is 0 Å². The molecule has 2 aromatic carbocycles. The van der Waals surface area contributed by atoms with Crippen LogP contribution in [0.25, 0.3) is 5.76 Å². The average molecular weight is 424 g/mol. The number of nitrogens with zero attached hydrogens (tertiary/aromatic N) is 1. The number of Topliss-reactive ketones (excluding diaryl/α,β-unsaturated/α-hetero) is 1. The van der Waals surface area contributed by atoms with Crippen LogP contribution in [0.15, 0.2) is 70.7 Å². The number of para-hydroxylation sites is 2. The van der Waals surface area contributed by atoms with E-state index < -0.39 is 17.7 Å². The highest BCUT2D eigenvalue weighted by molar-refractivity contribution is 6.51. The molecule has 0 radical (unpaired) electrons. The van der Waals surface area contributed by atoms with Gasteiger partial charge in [0, 0.05) is 10.6 Å². The van der Waals surface area contributed by atoms with Gasteiger partial charge in [-0.25, -0.2) is 0 Å². The molecule has 1 amide bonds. The first-order valence-corrected chi connectivity index (χ1v) is 9.56. The van der Waals surface area contributed by atoms with Crippen LogP contribution in [0.2, 0.25) is 5.02 Å². The van der Waals surface area contributed by atoms with E-state index in [2.05, 4.69) is 0 Å². The molecule has 152 valence electrons. The molecular formula is C23H18ClNO5. The number of aliphatic hydroxyl groups excluding tert-OH is 1. The molecule has 0 bridgehead atoms. The smallest absolute Gasteiger partial charge is 0.300 e. The Kier molecular flexibility index (Phi) is 5.10. The standard InChI is InChI=1S/C23H18ClNO5/c1-13-10-11-18(30-13)20-19(21(26)14-6-5-7-15(24)12-14)22(27)23(28)25(20)16-8-3-4-9-17(16)29-2/h3-12,20,26H,1-2H3/b21-19-. The Labute approximate surface area is 177 Å². The Hall–Kier alpha value is -3.51. The summed E-state index contributed by atoms with van der Waals surface area (Å²) in [6.45, 7) is 1.76. The second kappa shape index (κ2) is 7.72. The van der Waals surface area contributed by atoms with Gasteiger partial charge in [0.2, 0.25) is 0 Å². The molecule has 7 heteroatoms. The highest BCUT2D eigenvalue weighted by atomic mass is 35.5. The number of carbonyl (C=O) groups is 2. The number of halogens is 1. The first-order valence-electron chi connectivity index (χ1n) is 9.18. The summed E-state index contributed by atoms with van der Waals surface area (Å²) in [4.78, 5) is 27.4. The molecule has 1 saturated heterocycles. The van der Waals surface area contributed by atoms with Gasteiger partial charge in [0.05, 0.1) is 18.4 Å².